The van der Waals surface area contributed by atoms with Gasteiger partial charge in [0.25, 0.3) is 0 Å². The molecule has 1 aromatic carbocycles. The van der Waals surface area contributed by atoms with Gasteiger partial charge in [0, 0.05) is 34.1 Å². The third-order valence-corrected chi connectivity index (χ3v) is 2.92. The van der Waals surface area contributed by atoms with Gasteiger partial charge in [0.05, 0.1) is 0 Å². The highest BCUT2D eigenvalue weighted by Gasteiger charge is 2.10. The van der Waals surface area contributed by atoms with Crippen molar-refractivity contribution in [3.8, 4) is 0 Å². The quantitative estimate of drug-likeness (QED) is 0.745. The molecule has 0 saturated heterocycles. The molecule has 0 amide bonds. The van der Waals surface area contributed by atoms with Gasteiger partial charge >= 0.3 is 0 Å². The van der Waals surface area contributed by atoms with E-state index in [1.165, 1.54) is 0 Å². The lowest BCUT2D eigenvalue weighted by Crippen LogP contribution is -2.05. The second-order valence-corrected chi connectivity index (χ2v) is 4.61. The highest BCUT2D eigenvalue weighted by Crippen LogP contribution is 2.26. The molecule has 0 fully saturated rings. The molecule has 0 N–H and O–H groups in total. The van der Waals surface area contributed by atoms with E-state index in [0.717, 1.165) is 27.9 Å². The van der Waals surface area contributed by atoms with Crippen LogP contribution in [0, 0.1) is 0 Å². The van der Waals surface area contributed by atoms with E-state index in [1.807, 2.05) is 24.3 Å². The Balaban J connectivity index is 2.70. The molecule has 0 aliphatic carbocycles. The Kier molecular flexibility index (Phi) is 3.01. The van der Waals surface area contributed by atoms with E-state index in [4.69, 9.17) is 11.6 Å². The molecule has 0 spiro atoms. The first-order chi connectivity index (χ1) is 7.63. The molecule has 0 radical (unpaired) electrons. The van der Waals surface area contributed by atoms with E-state index in [9.17, 15) is 4.79 Å². The van der Waals surface area contributed by atoms with Crippen LogP contribution in [0.3, 0.4) is 0 Å². The minimum absolute atomic E-state index is 0.341. The highest BCUT2D eigenvalue weighted by molar-refractivity contribution is 6.31. The van der Waals surface area contributed by atoms with Gasteiger partial charge in [-0.1, -0.05) is 11.6 Å². The molecule has 0 unspecified atom stereocenters. The normalized spacial score (nSPS) is 11.2. The maximum absolute atomic E-state index is 10.7. The average molecular weight is 236 g/mol. The zero-order chi connectivity index (χ0) is 11.7. The number of carbonyl (C=O) groups is 1. The highest BCUT2D eigenvalue weighted by atomic mass is 35.5. The van der Waals surface area contributed by atoms with Crippen LogP contribution in [0.1, 0.15) is 25.6 Å². The van der Waals surface area contributed by atoms with Crippen LogP contribution in [0.15, 0.2) is 24.3 Å². The number of fused-ring (bicyclic) bond motifs is 1. The summed E-state index contributed by atoms with van der Waals surface area (Å²) in [5.41, 5.74) is 2.18. The Morgan fingerprint density at radius 1 is 1.38 bits per heavy atom. The van der Waals surface area contributed by atoms with Gasteiger partial charge in [-0.05, 0) is 38.1 Å². The first kappa shape index (κ1) is 11.2. The minimum atomic E-state index is 0.341. The van der Waals surface area contributed by atoms with Gasteiger partial charge in [-0.25, -0.2) is 0 Å². The summed E-state index contributed by atoms with van der Waals surface area (Å²) in [6.07, 6.45) is 1.39. The van der Waals surface area contributed by atoms with Crippen LogP contribution in [-0.2, 0) is 11.2 Å². The van der Waals surface area contributed by atoms with Crippen molar-refractivity contribution in [3.63, 3.8) is 0 Å². The topological polar surface area (TPSA) is 22.0 Å². The van der Waals surface area contributed by atoms with Gasteiger partial charge in [-0.3, -0.25) is 0 Å². The zero-order valence-corrected chi connectivity index (χ0v) is 10.2. The summed E-state index contributed by atoms with van der Waals surface area (Å²) in [5.74, 6) is 0. The predicted molar refractivity (Wildman–Crippen MR) is 67.1 cm³/mol. The number of hydrogen-bond acceptors (Lipinski definition) is 1. The number of nitrogens with zero attached hydrogens (tertiary/aromatic N) is 1. The molecule has 0 bridgehead atoms. The minimum Gasteiger partial charge on any atom is -0.342 e. The molecule has 0 aliphatic heterocycles. The Morgan fingerprint density at radius 2 is 2.12 bits per heavy atom. The van der Waals surface area contributed by atoms with E-state index in [2.05, 4.69) is 18.4 Å². The third-order valence-electron chi connectivity index (χ3n) is 2.69. The number of hydrogen-bond donors (Lipinski definition) is 0. The molecule has 2 rings (SSSR count). The van der Waals surface area contributed by atoms with Crippen LogP contribution in [0.5, 0.6) is 0 Å². The molecule has 0 saturated carbocycles. The van der Waals surface area contributed by atoms with Gasteiger partial charge in [-0.15, -0.1) is 0 Å². The molecule has 2 aromatic rings. The summed E-state index contributed by atoms with van der Waals surface area (Å²) < 4.78 is 2.18. The number of carbonyl (C=O) groups excluding carboxylic acids is 1. The van der Waals surface area contributed by atoms with Crippen molar-refractivity contribution in [1.82, 2.24) is 4.57 Å². The molecule has 1 aromatic heterocycles. The lowest BCUT2D eigenvalue weighted by atomic mass is 10.2. The Hall–Kier alpha value is -1.28. The van der Waals surface area contributed by atoms with E-state index in [0.29, 0.717) is 12.5 Å². The van der Waals surface area contributed by atoms with Gasteiger partial charge in [0.1, 0.15) is 6.29 Å². The third kappa shape index (κ3) is 1.85. The fraction of sp³-hybridized carbons (Fsp3) is 0.308. The summed E-state index contributed by atoms with van der Waals surface area (Å²) >= 11 is 5.96. The summed E-state index contributed by atoms with van der Waals surface area (Å²) in [6.45, 7) is 4.23. The molecule has 16 heavy (non-hydrogen) atoms. The Bertz CT molecular complexity index is 528. The second kappa shape index (κ2) is 4.30. The van der Waals surface area contributed by atoms with Crippen molar-refractivity contribution in [1.29, 1.82) is 0 Å². The smallest absolute Gasteiger partial charge is 0.125 e. The van der Waals surface area contributed by atoms with Crippen molar-refractivity contribution >= 4 is 28.8 Å². The predicted octanol–water partition coefficient (Wildman–Crippen LogP) is 3.62. The number of rotatable bonds is 3. The lowest BCUT2D eigenvalue weighted by molar-refractivity contribution is -0.107. The van der Waals surface area contributed by atoms with Gasteiger partial charge < -0.3 is 9.36 Å². The van der Waals surface area contributed by atoms with E-state index in [1.54, 1.807) is 0 Å². The summed E-state index contributed by atoms with van der Waals surface area (Å²) in [5, 5.41) is 1.82. The number of halogens is 1. The zero-order valence-electron chi connectivity index (χ0n) is 9.40. The van der Waals surface area contributed by atoms with Crippen LogP contribution in [0.2, 0.25) is 5.02 Å². The summed E-state index contributed by atoms with van der Waals surface area (Å²) in [4.78, 5) is 10.7. The Morgan fingerprint density at radius 3 is 2.75 bits per heavy atom. The molecule has 0 aliphatic rings. The van der Waals surface area contributed by atoms with Crippen molar-refractivity contribution in [2.75, 3.05) is 0 Å². The maximum Gasteiger partial charge on any atom is 0.125 e. The monoisotopic (exact) mass is 235 g/mol. The molecule has 1 heterocycles. The molecule has 3 heteroatoms. The van der Waals surface area contributed by atoms with Crippen LogP contribution < -0.4 is 0 Å². The van der Waals surface area contributed by atoms with Crippen LogP contribution >= 0.6 is 11.6 Å². The Labute approximate surface area is 99.8 Å². The van der Waals surface area contributed by atoms with Crippen molar-refractivity contribution < 1.29 is 4.79 Å². The van der Waals surface area contributed by atoms with E-state index in [-0.39, 0.29) is 0 Å². The molecule has 2 nitrogen and oxygen atoms in total. The van der Waals surface area contributed by atoms with E-state index < -0.39 is 0 Å². The number of aldehydes is 1. The number of aromatic nitrogens is 1. The van der Waals surface area contributed by atoms with Gasteiger partial charge in [0.2, 0.25) is 0 Å². The fourth-order valence-electron chi connectivity index (χ4n) is 2.12. The fourth-order valence-corrected chi connectivity index (χ4v) is 2.30. The van der Waals surface area contributed by atoms with Crippen molar-refractivity contribution in [2.24, 2.45) is 0 Å². The SMILES string of the molecule is CC(C)n1c(CC=O)cc2cc(Cl)ccc21. The first-order valence-electron chi connectivity index (χ1n) is 5.36. The maximum atomic E-state index is 10.7. The largest absolute Gasteiger partial charge is 0.342 e. The van der Waals surface area contributed by atoms with E-state index >= 15 is 0 Å². The van der Waals surface area contributed by atoms with Crippen LogP contribution in [0.4, 0.5) is 0 Å². The molecular formula is C13H14ClNO. The molecular weight excluding hydrogens is 222 g/mol. The molecule has 0 atom stereocenters. The first-order valence-corrected chi connectivity index (χ1v) is 5.74. The standard InChI is InChI=1S/C13H14ClNO/c1-9(2)15-12(5-6-16)8-10-7-11(14)3-4-13(10)15/h3-4,6-9H,5H2,1-2H3. The van der Waals surface area contributed by atoms with Crippen LogP contribution in [-0.4, -0.2) is 10.9 Å². The second-order valence-electron chi connectivity index (χ2n) is 4.17. The average Bonchev–Trinajstić information content (AvgIpc) is 2.55. The van der Waals surface area contributed by atoms with Crippen molar-refractivity contribution in [3.05, 3.63) is 35.0 Å². The molecule has 84 valence electrons. The lowest BCUT2D eigenvalue weighted by Gasteiger charge is -2.13. The van der Waals surface area contributed by atoms with Gasteiger partial charge in [-0.2, -0.15) is 0 Å². The summed E-state index contributed by atoms with van der Waals surface area (Å²) in [7, 11) is 0. The summed E-state index contributed by atoms with van der Waals surface area (Å²) in [6, 6.07) is 8.20. The number of benzene rings is 1. The van der Waals surface area contributed by atoms with Crippen molar-refractivity contribution in [2.45, 2.75) is 26.3 Å². The van der Waals surface area contributed by atoms with Crippen LogP contribution in [0.25, 0.3) is 10.9 Å². The van der Waals surface area contributed by atoms with Gasteiger partial charge in [0.15, 0.2) is 0 Å².